The molecule has 6 nitrogen and oxygen atoms in total. The number of hydrogen-bond donors (Lipinski definition) is 1. The molecule has 1 aromatic heterocycles. The Morgan fingerprint density at radius 3 is 2.58 bits per heavy atom. The average Bonchev–Trinajstić information content (AvgIpc) is 3.22. The zero-order valence-corrected chi connectivity index (χ0v) is 13.8. The summed E-state index contributed by atoms with van der Waals surface area (Å²) in [4.78, 5) is 25.4. The molecule has 2 aromatic rings. The summed E-state index contributed by atoms with van der Waals surface area (Å²) in [5.41, 5.74) is -1.43. The summed E-state index contributed by atoms with van der Waals surface area (Å²) in [5.74, 6) is -1.32. The summed E-state index contributed by atoms with van der Waals surface area (Å²) in [6.45, 7) is 1.98. The molecule has 138 valence electrons. The molecule has 1 unspecified atom stereocenters. The van der Waals surface area contributed by atoms with E-state index in [1.165, 1.54) is 29.3 Å². The minimum atomic E-state index is -4.55. The van der Waals surface area contributed by atoms with Gasteiger partial charge in [0.25, 0.3) is 5.91 Å². The first kappa shape index (κ1) is 18.0. The summed E-state index contributed by atoms with van der Waals surface area (Å²) >= 11 is 0. The van der Waals surface area contributed by atoms with Crippen LogP contribution in [0.4, 0.5) is 13.2 Å². The lowest BCUT2D eigenvalue weighted by atomic mass is 9.90. The lowest BCUT2D eigenvalue weighted by Crippen LogP contribution is -2.34. The van der Waals surface area contributed by atoms with Crippen LogP contribution in [-0.2, 0) is 11.0 Å². The number of rotatable bonds is 3. The molecule has 0 spiro atoms. The smallest absolute Gasteiger partial charge is 0.435 e. The van der Waals surface area contributed by atoms with E-state index in [1.54, 1.807) is 13.0 Å². The zero-order valence-electron chi connectivity index (χ0n) is 13.8. The van der Waals surface area contributed by atoms with Crippen molar-refractivity contribution in [2.45, 2.75) is 19.5 Å². The Morgan fingerprint density at radius 1 is 1.27 bits per heavy atom. The topological polar surface area (TPSA) is 75.4 Å². The molecule has 26 heavy (non-hydrogen) atoms. The molecule has 2 heterocycles. The van der Waals surface area contributed by atoms with E-state index in [1.807, 2.05) is 0 Å². The second-order valence-electron chi connectivity index (χ2n) is 6.54. The first-order chi connectivity index (χ1) is 12.1. The van der Waals surface area contributed by atoms with Gasteiger partial charge in [-0.2, -0.15) is 18.3 Å². The molecule has 9 heteroatoms. The summed E-state index contributed by atoms with van der Waals surface area (Å²) in [7, 11) is 0. The second kappa shape index (κ2) is 6.15. The molecular weight excluding hydrogens is 351 g/mol. The number of hydrogen-bond acceptors (Lipinski definition) is 3. The molecule has 0 radical (unpaired) electrons. The van der Waals surface area contributed by atoms with Crippen LogP contribution in [0.3, 0.4) is 0 Å². The monoisotopic (exact) mass is 367 g/mol. The molecular formula is C17H16F3N3O3. The van der Waals surface area contributed by atoms with Crippen LogP contribution in [0.5, 0.6) is 0 Å². The molecule has 1 aromatic carbocycles. The first-order valence-corrected chi connectivity index (χ1v) is 7.86. The fourth-order valence-electron chi connectivity index (χ4n) is 2.89. The zero-order chi connectivity index (χ0) is 19.1. The van der Waals surface area contributed by atoms with E-state index in [-0.39, 0.29) is 18.0 Å². The third kappa shape index (κ3) is 3.29. The molecule has 1 fully saturated rings. The number of alkyl halides is 3. The van der Waals surface area contributed by atoms with Crippen molar-refractivity contribution in [1.29, 1.82) is 0 Å². The van der Waals surface area contributed by atoms with Crippen LogP contribution in [0.25, 0.3) is 5.69 Å². The normalized spacial score (nSPS) is 20.4. The van der Waals surface area contributed by atoms with E-state index in [0.29, 0.717) is 18.7 Å². The number of aliphatic carboxylic acids is 1. The minimum Gasteiger partial charge on any atom is -0.481 e. The first-order valence-electron chi connectivity index (χ1n) is 7.86. The van der Waals surface area contributed by atoms with Gasteiger partial charge in [-0.3, -0.25) is 9.59 Å². The highest BCUT2D eigenvalue weighted by Gasteiger charge is 2.42. The number of amides is 1. The van der Waals surface area contributed by atoms with Crippen LogP contribution in [-0.4, -0.2) is 44.8 Å². The van der Waals surface area contributed by atoms with Crippen molar-refractivity contribution in [2.75, 3.05) is 13.1 Å². The number of likely N-dealkylation sites (tertiary alicyclic amines) is 1. The fraction of sp³-hybridized carbons (Fsp3) is 0.353. The van der Waals surface area contributed by atoms with Gasteiger partial charge in [0.2, 0.25) is 0 Å². The van der Waals surface area contributed by atoms with E-state index < -0.39 is 23.3 Å². The highest BCUT2D eigenvalue weighted by Crippen LogP contribution is 2.31. The molecule has 1 amide bonds. The SMILES string of the molecule is CC1(C(=O)O)CCN(C(=O)c2cccc(-n3ccc(C(F)(F)F)n3)c2)C1. The predicted octanol–water partition coefficient (Wildman–Crippen LogP) is 2.83. The van der Waals surface area contributed by atoms with Gasteiger partial charge in [-0.1, -0.05) is 6.07 Å². The molecule has 0 bridgehead atoms. The fourth-order valence-corrected chi connectivity index (χ4v) is 2.89. The Hall–Kier alpha value is -2.84. The number of halogens is 3. The predicted molar refractivity (Wildman–Crippen MR) is 84.8 cm³/mol. The van der Waals surface area contributed by atoms with Crippen LogP contribution in [0.1, 0.15) is 29.4 Å². The Bertz CT molecular complexity index is 862. The van der Waals surface area contributed by atoms with Gasteiger partial charge in [-0.15, -0.1) is 0 Å². The van der Waals surface area contributed by atoms with E-state index in [4.69, 9.17) is 0 Å². The number of carbonyl (C=O) groups is 2. The standard InChI is InChI=1S/C17H16F3N3O3/c1-16(15(25)26)6-8-22(10-16)14(24)11-3-2-4-12(9-11)23-7-5-13(21-23)17(18,19)20/h2-5,7,9H,6,8,10H2,1H3,(H,25,26). The van der Waals surface area contributed by atoms with Gasteiger partial charge >= 0.3 is 12.1 Å². The van der Waals surface area contributed by atoms with Crippen molar-refractivity contribution in [3.8, 4) is 5.69 Å². The quantitative estimate of drug-likeness (QED) is 0.905. The molecule has 1 atom stereocenters. The summed E-state index contributed by atoms with van der Waals surface area (Å²) < 4.78 is 39.1. The van der Waals surface area contributed by atoms with E-state index in [0.717, 1.165) is 10.7 Å². The van der Waals surface area contributed by atoms with E-state index in [9.17, 15) is 27.9 Å². The van der Waals surface area contributed by atoms with Crippen LogP contribution in [0, 0.1) is 5.41 Å². The van der Waals surface area contributed by atoms with Gasteiger partial charge in [0.1, 0.15) is 0 Å². The Morgan fingerprint density at radius 2 is 2.00 bits per heavy atom. The average molecular weight is 367 g/mol. The summed E-state index contributed by atoms with van der Waals surface area (Å²) in [5, 5.41) is 12.7. The number of benzene rings is 1. The lowest BCUT2D eigenvalue weighted by Gasteiger charge is -2.20. The van der Waals surface area contributed by atoms with Crippen molar-refractivity contribution in [3.63, 3.8) is 0 Å². The van der Waals surface area contributed by atoms with E-state index >= 15 is 0 Å². The van der Waals surface area contributed by atoms with Gasteiger partial charge in [0.05, 0.1) is 11.1 Å². The van der Waals surface area contributed by atoms with Crippen molar-refractivity contribution < 1.29 is 27.9 Å². The summed E-state index contributed by atoms with van der Waals surface area (Å²) in [6, 6.07) is 6.91. The molecule has 1 aliphatic rings. The van der Waals surface area contributed by atoms with E-state index in [2.05, 4.69) is 5.10 Å². The summed E-state index contributed by atoms with van der Waals surface area (Å²) in [6.07, 6.45) is -3.03. The Balaban J connectivity index is 1.83. The highest BCUT2D eigenvalue weighted by molar-refractivity contribution is 5.95. The molecule has 3 rings (SSSR count). The van der Waals surface area contributed by atoms with Crippen molar-refractivity contribution in [3.05, 3.63) is 47.8 Å². The van der Waals surface area contributed by atoms with Gasteiger partial charge in [0, 0.05) is 24.8 Å². The maximum Gasteiger partial charge on any atom is 0.435 e. The molecule has 1 N–H and O–H groups in total. The van der Waals surface area contributed by atoms with Crippen LogP contribution >= 0.6 is 0 Å². The second-order valence-corrected chi connectivity index (χ2v) is 6.54. The number of carbonyl (C=O) groups excluding carboxylic acids is 1. The maximum absolute atomic E-state index is 12.7. The van der Waals surface area contributed by atoms with Crippen LogP contribution in [0.15, 0.2) is 36.5 Å². The minimum absolute atomic E-state index is 0.0887. The molecule has 0 saturated carbocycles. The Labute approximate surface area is 146 Å². The van der Waals surface area contributed by atoms with Gasteiger partial charge in [-0.05, 0) is 37.6 Å². The number of nitrogens with zero attached hydrogens (tertiary/aromatic N) is 3. The largest absolute Gasteiger partial charge is 0.481 e. The number of carboxylic acid groups (broad SMARTS) is 1. The molecule has 1 aliphatic heterocycles. The third-order valence-corrected chi connectivity index (χ3v) is 4.51. The highest BCUT2D eigenvalue weighted by atomic mass is 19.4. The third-order valence-electron chi connectivity index (χ3n) is 4.51. The van der Waals surface area contributed by atoms with Crippen molar-refractivity contribution in [1.82, 2.24) is 14.7 Å². The molecule has 0 aliphatic carbocycles. The van der Waals surface area contributed by atoms with Gasteiger partial charge < -0.3 is 10.0 Å². The maximum atomic E-state index is 12.7. The lowest BCUT2D eigenvalue weighted by molar-refractivity contribution is -0.147. The van der Waals surface area contributed by atoms with Crippen molar-refractivity contribution >= 4 is 11.9 Å². The molecule has 1 saturated heterocycles. The Kier molecular flexibility index (Phi) is 4.25. The van der Waals surface area contributed by atoms with Crippen LogP contribution < -0.4 is 0 Å². The van der Waals surface area contributed by atoms with Gasteiger partial charge in [-0.25, -0.2) is 4.68 Å². The number of carboxylic acids is 1. The van der Waals surface area contributed by atoms with Gasteiger partial charge in [0.15, 0.2) is 5.69 Å². The number of aromatic nitrogens is 2. The van der Waals surface area contributed by atoms with Crippen molar-refractivity contribution in [2.24, 2.45) is 5.41 Å². The van der Waals surface area contributed by atoms with Crippen LogP contribution in [0.2, 0.25) is 0 Å².